The monoisotopic (exact) mass is 220 g/mol. The lowest BCUT2D eigenvalue weighted by molar-refractivity contribution is -0.172. The molecule has 1 aromatic carbocycles. The van der Waals surface area contributed by atoms with Crippen LogP contribution in [0.5, 0.6) is 0 Å². The second-order valence-electron chi connectivity index (χ2n) is 3.45. The topological polar surface area (TPSA) is 0 Å². The average molecular weight is 221 g/mol. The minimum atomic E-state index is -4.20. The molecular formula is C10H8ClF3. The van der Waals surface area contributed by atoms with Gasteiger partial charge < -0.3 is 0 Å². The number of hydrogen-bond donors (Lipinski definition) is 0. The van der Waals surface area contributed by atoms with E-state index in [1.54, 1.807) is 24.3 Å². The lowest BCUT2D eigenvalue weighted by atomic mass is 10.1. The van der Waals surface area contributed by atoms with Crippen molar-refractivity contribution in [3.63, 3.8) is 0 Å². The van der Waals surface area contributed by atoms with Crippen molar-refractivity contribution in [1.82, 2.24) is 0 Å². The van der Waals surface area contributed by atoms with Crippen LogP contribution in [0, 0.1) is 5.92 Å². The highest BCUT2D eigenvalue weighted by Gasteiger charge is 2.48. The molecule has 0 amide bonds. The summed E-state index contributed by atoms with van der Waals surface area (Å²) < 4.78 is 37.5. The van der Waals surface area contributed by atoms with E-state index in [1.807, 2.05) is 0 Å². The van der Waals surface area contributed by atoms with E-state index in [-0.39, 0.29) is 6.42 Å². The Bertz CT molecular complexity index is 345. The first-order valence-electron chi connectivity index (χ1n) is 4.29. The molecule has 0 saturated heterocycles. The van der Waals surface area contributed by atoms with Gasteiger partial charge in [0.2, 0.25) is 0 Å². The Morgan fingerprint density at radius 2 is 1.86 bits per heavy atom. The van der Waals surface area contributed by atoms with E-state index < -0.39 is 17.5 Å². The minimum absolute atomic E-state index is 0.00778. The molecule has 0 aromatic heterocycles. The van der Waals surface area contributed by atoms with Crippen molar-refractivity contribution in [3.05, 3.63) is 35.4 Å². The van der Waals surface area contributed by atoms with Gasteiger partial charge in [-0.1, -0.05) is 24.3 Å². The second-order valence-corrected chi connectivity index (χ2v) is 3.92. The lowest BCUT2D eigenvalue weighted by Crippen LogP contribution is -2.24. The summed E-state index contributed by atoms with van der Waals surface area (Å²) in [5.41, 5.74) is 1.34. The van der Waals surface area contributed by atoms with E-state index in [1.165, 1.54) is 0 Å². The van der Waals surface area contributed by atoms with Crippen LogP contribution in [-0.2, 0) is 6.42 Å². The van der Waals surface area contributed by atoms with Gasteiger partial charge in [0, 0.05) is 0 Å². The molecule has 1 aliphatic rings. The van der Waals surface area contributed by atoms with Crippen LogP contribution >= 0.6 is 11.6 Å². The summed E-state index contributed by atoms with van der Waals surface area (Å²) in [5.74, 6) is -1.43. The van der Waals surface area contributed by atoms with Gasteiger partial charge in [-0.3, -0.25) is 0 Å². The summed E-state index contributed by atoms with van der Waals surface area (Å²) >= 11 is 5.77. The molecule has 0 unspecified atom stereocenters. The van der Waals surface area contributed by atoms with Gasteiger partial charge in [-0.15, -0.1) is 11.6 Å². The Hall–Kier alpha value is -0.700. The first-order chi connectivity index (χ1) is 6.50. The number of halogens is 4. The van der Waals surface area contributed by atoms with Crippen molar-refractivity contribution in [2.24, 2.45) is 5.92 Å². The molecule has 0 aliphatic heterocycles. The molecule has 76 valence electrons. The van der Waals surface area contributed by atoms with Gasteiger partial charge >= 0.3 is 6.18 Å². The summed E-state index contributed by atoms with van der Waals surface area (Å²) in [7, 11) is 0. The summed E-state index contributed by atoms with van der Waals surface area (Å²) in [6.45, 7) is 0. The van der Waals surface area contributed by atoms with E-state index >= 15 is 0 Å². The maximum atomic E-state index is 12.5. The van der Waals surface area contributed by atoms with Crippen molar-refractivity contribution in [2.45, 2.75) is 18.0 Å². The summed E-state index contributed by atoms with van der Waals surface area (Å²) in [5, 5.41) is -0.925. The molecule has 2 atom stereocenters. The molecule has 0 N–H and O–H groups in total. The van der Waals surface area contributed by atoms with Crippen LogP contribution in [-0.4, -0.2) is 6.18 Å². The van der Waals surface area contributed by atoms with Gasteiger partial charge in [0.1, 0.15) is 0 Å². The van der Waals surface area contributed by atoms with Gasteiger partial charge in [0.05, 0.1) is 11.3 Å². The summed E-state index contributed by atoms with van der Waals surface area (Å²) in [4.78, 5) is 0. The highest BCUT2D eigenvalue weighted by molar-refractivity contribution is 6.21. The second kappa shape index (κ2) is 3.16. The molecule has 0 spiro atoms. The van der Waals surface area contributed by atoms with Crippen molar-refractivity contribution < 1.29 is 13.2 Å². The van der Waals surface area contributed by atoms with E-state index in [9.17, 15) is 13.2 Å². The van der Waals surface area contributed by atoms with Crippen LogP contribution in [0.15, 0.2) is 24.3 Å². The van der Waals surface area contributed by atoms with Gasteiger partial charge in [-0.25, -0.2) is 0 Å². The molecule has 0 saturated carbocycles. The third kappa shape index (κ3) is 1.50. The number of alkyl halides is 4. The molecule has 1 aromatic rings. The zero-order valence-electron chi connectivity index (χ0n) is 7.18. The molecule has 0 heterocycles. The SMILES string of the molecule is FC(F)(F)[C@H]1Cc2ccccc2[C@@H]1Cl. The molecule has 0 nitrogen and oxygen atoms in total. The number of fused-ring (bicyclic) bond motifs is 1. The molecular weight excluding hydrogens is 213 g/mol. The van der Waals surface area contributed by atoms with Crippen LogP contribution in [0.3, 0.4) is 0 Å². The fourth-order valence-electron chi connectivity index (χ4n) is 1.83. The van der Waals surface area contributed by atoms with Crippen LogP contribution < -0.4 is 0 Å². The largest absolute Gasteiger partial charge is 0.393 e. The zero-order chi connectivity index (χ0) is 10.3. The Labute approximate surface area is 84.7 Å². The quantitative estimate of drug-likeness (QED) is 0.585. The van der Waals surface area contributed by atoms with E-state index in [0.717, 1.165) is 5.56 Å². The summed E-state index contributed by atoms with van der Waals surface area (Å²) in [6, 6.07) is 6.82. The van der Waals surface area contributed by atoms with Crippen molar-refractivity contribution in [3.8, 4) is 0 Å². The smallest absolute Gasteiger partial charge is 0.171 e. The first-order valence-corrected chi connectivity index (χ1v) is 4.72. The van der Waals surface area contributed by atoms with Crippen LogP contribution in [0.1, 0.15) is 16.5 Å². The van der Waals surface area contributed by atoms with Crippen molar-refractivity contribution in [2.75, 3.05) is 0 Å². The average Bonchev–Trinajstić information content (AvgIpc) is 2.44. The molecule has 0 bridgehead atoms. The van der Waals surface area contributed by atoms with Crippen LogP contribution in [0.4, 0.5) is 13.2 Å². The number of benzene rings is 1. The van der Waals surface area contributed by atoms with Crippen LogP contribution in [0.2, 0.25) is 0 Å². The molecule has 4 heteroatoms. The van der Waals surface area contributed by atoms with Crippen molar-refractivity contribution >= 4 is 11.6 Å². The highest BCUT2D eigenvalue weighted by Crippen LogP contribution is 2.48. The predicted octanol–water partition coefficient (Wildman–Crippen LogP) is 3.70. The van der Waals surface area contributed by atoms with E-state index in [2.05, 4.69) is 0 Å². The number of hydrogen-bond acceptors (Lipinski definition) is 0. The number of rotatable bonds is 0. The fraction of sp³-hybridized carbons (Fsp3) is 0.400. The standard InChI is InChI=1S/C10H8ClF3/c11-9-7-4-2-1-3-6(7)5-8(9)10(12,13)14/h1-4,8-9H,5H2/t8-,9-/m0/s1. The molecule has 1 aliphatic carbocycles. The molecule has 2 rings (SSSR count). The third-order valence-electron chi connectivity index (χ3n) is 2.57. The Morgan fingerprint density at radius 1 is 1.21 bits per heavy atom. The zero-order valence-corrected chi connectivity index (χ0v) is 7.94. The predicted molar refractivity (Wildman–Crippen MR) is 48.3 cm³/mol. The highest BCUT2D eigenvalue weighted by atomic mass is 35.5. The van der Waals surface area contributed by atoms with Crippen molar-refractivity contribution in [1.29, 1.82) is 0 Å². The normalized spacial score (nSPS) is 26.3. The maximum Gasteiger partial charge on any atom is 0.393 e. The molecule has 14 heavy (non-hydrogen) atoms. The van der Waals surface area contributed by atoms with E-state index in [4.69, 9.17) is 11.6 Å². The van der Waals surface area contributed by atoms with E-state index in [0.29, 0.717) is 5.56 Å². The molecule has 0 fully saturated rings. The Morgan fingerprint density at radius 3 is 2.43 bits per heavy atom. The first kappa shape index (κ1) is 9.84. The maximum absolute atomic E-state index is 12.5. The fourth-order valence-corrected chi connectivity index (χ4v) is 2.27. The van der Waals surface area contributed by atoms with Gasteiger partial charge in [-0.05, 0) is 17.5 Å². The third-order valence-corrected chi connectivity index (χ3v) is 3.10. The van der Waals surface area contributed by atoms with Crippen LogP contribution in [0.25, 0.3) is 0 Å². The summed E-state index contributed by atoms with van der Waals surface area (Å²) in [6.07, 6.45) is -4.20. The Kier molecular flexibility index (Phi) is 2.22. The van der Waals surface area contributed by atoms with Gasteiger partial charge in [-0.2, -0.15) is 13.2 Å². The minimum Gasteiger partial charge on any atom is -0.171 e. The van der Waals surface area contributed by atoms with Gasteiger partial charge in [0.25, 0.3) is 0 Å². The lowest BCUT2D eigenvalue weighted by Gasteiger charge is -2.17. The molecule has 0 radical (unpaired) electrons. The Balaban J connectivity index is 2.35. The van der Waals surface area contributed by atoms with Gasteiger partial charge in [0.15, 0.2) is 0 Å².